The van der Waals surface area contributed by atoms with Gasteiger partial charge in [0.1, 0.15) is 0 Å². The van der Waals surface area contributed by atoms with Crippen LogP contribution in [0.15, 0.2) is 121 Å². The Bertz CT molecular complexity index is 4100. The Morgan fingerprint density at radius 2 is 0.575 bits per heavy atom. The van der Waals surface area contributed by atoms with E-state index in [0.717, 1.165) is 86.9 Å². The van der Waals surface area contributed by atoms with Crippen LogP contribution in [-0.2, 0) is 38.7 Å². The summed E-state index contributed by atoms with van der Waals surface area (Å²) in [6.45, 7) is 27.0. The van der Waals surface area contributed by atoms with E-state index in [1.807, 2.05) is 0 Å². The number of rotatable bonds is 0. The van der Waals surface area contributed by atoms with Crippen molar-refractivity contribution in [1.29, 1.82) is 0 Å². The molecule has 9 heteroatoms. The zero-order valence-electron chi connectivity index (χ0n) is 43.5. The Labute approximate surface area is 435 Å². The number of nitrogens with zero attached hydrogens (tertiary/aromatic N) is 8. The van der Waals surface area contributed by atoms with Crippen molar-refractivity contribution in [3.63, 3.8) is 0 Å². The zero-order valence-corrected chi connectivity index (χ0v) is 44.6. The zero-order chi connectivity index (χ0) is 50.0. The molecule has 5 heterocycles. The average Bonchev–Trinajstić information content (AvgIpc) is 4.08. The van der Waals surface area contributed by atoms with E-state index in [1.54, 1.807) is 0 Å². The molecule has 0 saturated heterocycles. The summed E-state index contributed by atoms with van der Waals surface area (Å²) in [5.41, 5.74) is 10.3. The average molecular weight is 993 g/mol. The predicted molar refractivity (Wildman–Crippen MR) is 299 cm³/mol. The van der Waals surface area contributed by atoms with Gasteiger partial charge in [0.15, 0.2) is 0 Å². The molecule has 2 aliphatic heterocycles. The van der Waals surface area contributed by atoms with Crippen LogP contribution in [0.1, 0.15) is 105 Å². The second kappa shape index (κ2) is 15.8. The maximum atomic E-state index is 5.58. The van der Waals surface area contributed by atoms with Gasteiger partial charge >= 0.3 is 17.1 Å². The molecule has 0 amide bonds. The minimum absolute atomic E-state index is 0. The Balaban J connectivity index is 0.00000543. The van der Waals surface area contributed by atoms with Gasteiger partial charge in [0, 0.05) is 55.6 Å². The van der Waals surface area contributed by atoms with Crippen molar-refractivity contribution in [2.45, 2.75) is 105 Å². The van der Waals surface area contributed by atoms with Crippen LogP contribution < -0.4 is 9.97 Å². The summed E-state index contributed by atoms with van der Waals surface area (Å²) in [6, 6.07) is 44.2. The van der Waals surface area contributed by atoms with Crippen molar-refractivity contribution in [1.82, 2.24) is 39.9 Å². The molecule has 8 aromatic carbocycles. The number of fused-ring (bicyclic) bond motifs is 28. The van der Waals surface area contributed by atoms with Gasteiger partial charge in [-0.1, -0.05) is 180 Å². The fraction of sp³-hybridized carbons (Fsp3) is 0.250. The minimum atomic E-state index is -0.0930. The van der Waals surface area contributed by atoms with Gasteiger partial charge in [-0.3, -0.25) is 0 Å². The van der Waals surface area contributed by atoms with Crippen LogP contribution in [0.3, 0.4) is 0 Å². The fourth-order valence-corrected chi connectivity index (χ4v) is 10.8. The van der Waals surface area contributed by atoms with E-state index in [0.29, 0.717) is 45.9 Å². The summed E-state index contributed by atoms with van der Waals surface area (Å²) in [5, 5.41) is 12.2. The van der Waals surface area contributed by atoms with Crippen LogP contribution in [0, 0.1) is 0 Å². The summed E-state index contributed by atoms with van der Waals surface area (Å²) in [7, 11) is 0. The summed E-state index contributed by atoms with van der Waals surface area (Å²) >= 11 is 0. The molecule has 2 aliphatic rings. The number of benzene rings is 8. The number of hydrogen-bond donors (Lipinski definition) is 0. The third kappa shape index (κ3) is 7.45. The summed E-state index contributed by atoms with van der Waals surface area (Å²) in [6.07, 6.45) is 0. The maximum Gasteiger partial charge on any atom is 2.00 e. The van der Waals surface area contributed by atoms with E-state index < -0.39 is 0 Å². The van der Waals surface area contributed by atoms with Gasteiger partial charge in [0.05, 0.1) is 23.3 Å². The van der Waals surface area contributed by atoms with Crippen molar-refractivity contribution in [2.75, 3.05) is 0 Å². The molecule has 0 N–H and O–H groups in total. The molecule has 8 nitrogen and oxygen atoms in total. The Kier molecular flexibility index (Phi) is 10.1. The molecule has 8 bridgehead atoms. The Morgan fingerprint density at radius 1 is 0.288 bits per heavy atom. The van der Waals surface area contributed by atoms with Crippen LogP contribution in [0.2, 0.25) is 0 Å². The standard InChI is InChI=1S/C64H56N8.Fe/c1-61(2,3)37-21-13-33-17-25-41-49(45(33)29-37)57-67-53(41)65-54-43-27-19-35-15-23-39(63(7,8)9)31-47(35)51(43)59(69-54)72-60-52-44(28-20-36-16-24-40(32-48(36)52)64(10,11)12)56(70-60)66-55-42-26-18-34-14-22-38(62(4,5)6)30-46(34)50(42)58(68-55)71-57;/h13-32H,1-12H3;/q-2;+2. The van der Waals surface area contributed by atoms with Crippen LogP contribution >= 0.6 is 0 Å². The molecule has 0 unspecified atom stereocenters. The van der Waals surface area contributed by atoms with Crippen molar-refractivity contribution in [2.24, 2.45) is 0 Å². The molecule has 0 atom stereocenters. The van der Waals surface area contributed by atoms with Gasteiger partial charge in [-0.25, -0.2) is 9.97 Å². The third-order valence-electron chi connectivity index (χ3n) is 15.1. The Morgan fingerprint density at radius 3 is 0.918 bits per heavy atom. The van der Waals surface area contributed by atoms with Crippen LogP contribution in [0.25, 0.3) is 133 Å². The van der Waals surface area contributed by atoms with Crippen molar-refractivity contribution in [3.8, 4) is 45.6 Å². The molecule has 0 spiro atoms. The van der Waals surface area contributed by atoms with E-state index in [9.17, 15) is 0 Å². The largest absolute Gasteiger partial charge is 2.00 e. The molecule has 73 heavy (non-hydrogen) atoms. The molecule has 3 aromatic heterocycles. The SMILES string of the molecule is CC(C)(C)c1ccc2ccc3c(c2c1)-c1nc-3nc2[n-]c(nc3nc(nc4[n-]c(n1)c1c5cc(C(C)(C)C)ccc5ccc41)-c1ccc4ccc(C(C)(C)C)cc4c1-3)c1c3cc(C(C)(C)C)ccc3ccc21.[Fe+2]. The Hall–Kier alpha value is -7.32. The first-order chi connectivity index (χ1) is 34.2. The molecule has 0 aliphatic carbocycles. The predicted octanol–water partition coefficient (Wildman–Crippen LogP) is 15.9. The van der Waals surface area contributed by atoms with E-state index in [2.05, 4.69) is 204 Å². The van der Waals surface area contributed by atoms with Gasteiger partial charge in [-0.15, -0.1) is 0 Å². The van der Waals surface area contributed by atoms with Crippen molar-refractivity contribution in [3.05, 3.63) is 144 Å². The smallest absolute Gasteiger partial charge is 0.357 e. The quantitative estimate of drug-likeness (QED) is 0.138. The fourth-order valence-electron chi connectivity index (χ4n) is 10.8. The molecule has 0 radical (unpaired) electrons. The van der Waals surface area contributed by atoms with E-state index in [1.165, 1.54) is 22.3 Å². The van der Waals surface area contributed by atoms with Gasteiger partial charge in [-0.2, -0.15) is 0 Å². The summed E-state index contributed by atoms with van der Waals surface area (Å²) in [4.78, 5) is 43.8. The van der Waals surface area contributed by atoms with Crippen molar-refractivity contribution >= 4 is 87.2 Å². The van der Waals surface area contributed by atoms with E-state index >= 15 is 0 Å². The maximum absolute atomic E-state index is 5.58. The number of aromatic nitrogens is 8. The molecule has 360 valence electrons. The van der Waals surface area contributed by atoms with E-state index in [-0.39, 0.29) is 38.7 Å². The van der Waals surface area contributed by atoms with Crippen LogP contribution in [-0.4, -0.2) is 29.9 Å². The first-order valence-corrected chi connectivity index (χ1v) is 25.2. The van der Waals surface area contributed by atoms with Crippen molar-refractivity contribution < 1.29 is 17.1 Å². The van der Waals surface area contributed by atoms with Gasteiger partial charge in [0.25, 0.3) is 0 Å². The topological polar surface area (TPSA) is 106 Å². The minimum Gasteiger partial charge on any atom is -0.357 e. The molecular formula is C64H56FeN8. The molecule has 0 fully saturated rings. The third-order valence-corrected chi connectivity index (χ3v) is 15.1. The molecule has 0 saturated carbocycles. The molecule has 13 rings (SSSR count). The number of hydrogen-bond acceptors (Lipinski definition) is 6. The molecule has 11 aromatic rings. The van der Waals surface area contributed by atoms with Gasteiger partial charge < -0.3 is 29.9 Å². The van der Waals surface area contributed by atoms with E-state index in [4.69, 9.17) is 39.9 Å². The summed E-state index contributed by atoms with van der Waals surface area (Å²) in [5.74, 6) is 2.16. The van der Waals surface area contributed by atoms with Crippen LogP contribution in [0.5, 0.6) is 0 Å². The summed E-state index contributed by atoms with van der Waals surface area (Å²) < 4.78 is 0. The van der Waals surface area contributed by atoms with Gasteiger partial charge in [-0.05, 0) is 122 Å². The molecular weight excluding hydrogens is 937 g/mol. The van der Waals surface area contributed by atoms with Crippen LogP contribution in [0.4, 0.5) is 0 Å². The monoisotopic (exact) mass is 992 g/mol. The first kappa shape index (κ1) is 46.7. The first-order valence-electron chi connectivity index (χ1n) is 25.2. The van der Waals surface area contributed by atoms with Gasteiger partial charge in [0.2, 0.25) is 0 Å². The normalized spacial score (nSPS) is 13.1. The second-order valence-electron chi connectivity index (χ2n) is 24.2. The second-order valence-corrected chi connectivity index (χ2v) is 24.2.